The van der Waals surface area contributed by atoms with Crippen molar-refractivity contribution in [3.05, 3.63) is 35.2 Å². The van der Waals surface area contributed by atoms with Gasteiger partial charge in [-0.15, -0.1) is 17.9 Å². The third kappa shape index (κ3) is 4.09. The highest BCUT2D eigenvalue weighted by Gasteiger charge is 2.25. The molecule has 1 heterocycles. The number of hydrogen-bond donors (Lipinski definition) is 3. The van der Waals surface area contributed by atoms with Crippen LogP contribution in [-0.2, 0) is 4.74 Å². The van der Waals surface area contributed by atoms with Crippen LogP contribution in [0.3, 0.4) is 0 Å². The molecule has 0 aromatic carbocycles. The number of amides is 1. The number of esters is 1. The van der Waals surface area contributed by atoms with Gasteiger partial charge in [-0.1, -0.05) is 18.2 Å². The van der Waals surface area contributed by atoms with Gasteiger partial charge in [0.25, 0.3) is 5.91 Å². The standard InChI is InChI=1S/C14H19N3O3S/c1-5-6-16-12(18)11-10(15)9(14(19)20-4)13(21-11)17-7-8(2)3/h5,17H,1-2,6-7,15H2,3-4H3,(H,16,18). The van der Waals surface area contributed by atoms with Gasteiger partial charge < -0.3 is 21.1 Å². The van der Waals surface area contributed by atoms with E-state index in [2.05, 4.69) is 23.8 Å². The molecule has 0 saturated heterocycles. The van der Waals surface area contributed by atoms with E-state index < -0.39 is 5.97 Å². The maximum Gasteiger partial charge on any atom is 0.343 e. The highest BCUT2D eigenvalue weighted by molar-refractivity contribution is 7.19. The van der Waals surface area contributed by atoms with Crippen molar-refractivity contribution in [1.82, 2.24) is 5.32 Å². The van der Waals surface area contributed by atoms with Gasteiger partial charge in [-0.25, -0.2) is 4.79 Å². The Labute approximate surface area is 127 Å². The number of nitrogen functional groups attached to an aromatic ring is 1. The molecule has 21 heavy (non-hydrogen) atoms. The summed E-state index contributed by atoms with van der Waals surface area (Å²) in [6, 6.07) is 0. The highest BCUT2D eigenvalue weighted by Crippen LogP contribution is 2.36. The number of hydrogen-bond acceptors (Lipinski definition) is 6. The van der Waals surface area contributed by atoms with Gasteiger partial charge in [0.2, 0.25) is 0 Å². The molecule has 1 aromatic heterocycles. The van der Waals surface area contributed by atoms with E-state index in [1.54, 1.807) is 6.08 Å². The normalized spacial score (nSPS) is 9.81. The highest BCUT2D eigenvalue weighted by atomic mass is 32.1. The summed E-state index contributed by atoms with van der Waals surface area (Å²) in [5, 5.41) is 6.16. The third-order valence-electron chi connectivity index (χ3n) is 2.50. The Morgan fingerprint density at radius 3 is 2.67 bits per heavy atom. The van der Waals surface area contributed by atoms with Crippen molar-refractivity contribution in [3.63, 3.8) is 0 Å². The molecule has 0 radical (unpaired) electrons. The molecule has 7 heteroatoms. The topological polar surface area (TPSA) is 93.5 Å². The number of nitrogens with one attached hydrogen (secondary N) is 2. The minimum absolute atomic E-state index is 0.109. The first-order chi connectivity index (χ1) is 9.92. The van der Waals surface area contributed by atoms with Gasteiger partial charge >= 0.3 is 5.97 Å². The molecule has 0 aliphatic carbocycles. The first-order valence-electron chi connectivity index (χ1n) is 6.20. The molecular formula is C14H19N3O3S. The van der Waals surface area contributed by atoms with Gasteiger partial charge in [-0.3, -0.25) is 4.79 Å². The summed E-state index contributed by atoms with van der Waals surface area (Å²) in [5.41, 5.74) is 7.09. The van der Waals surface area contributed by atoms with Crippen molar-refractivity contribution < 1.29 is 14.3 Å². The first kappa shape index (κ1) is 16.8. The lowest BCUT2D eigenvalue weighted by molar-refractivity contribution is 0.0603. The molecule has 0 atom stereocenters. The quantitative estimate of drug-likeness (QED) is 0.529. The zero-order valence-electron chi connectivity index (χ0n) is 12.1. The second kappa shape index (κ2) is 7.49. The molecule has 0 aliphatic heterocycles. The van der Waals surface area contributed by atoms with Crippen LogP contribution in [0.1, 0.15) is 27.0 Å². The van der Waals surface area contributed by atoms with Crippen LogP contribution >= 0.6 is 11.3 Å². The van der Waals surface area contributed by atoms with Crippen LogP contribution in [0.15, 0.2) is 24.8 Å². The lowest BCUT2D eigenvalue weighted by atomic mass is 10.2. The lowest BCUT2D eigenvalue weighted by Gasteiger charge is -2.06. The van der Waals surface area contributed by atoms with Crippen molar-refractivity contribution >= 4 is 33.9 Å². The average molecular weight is 309 g/mol. The van der Waals surface area contributed by atoms with Crippen molar-refractivity contribution in [2.24, 2.45) is 0 Å². The predicted molar refractivity (Wildman–Crippen MR) is 85.9 cm³/mol. The number of carbonyl (C=O) groups excluding carboxylic acids is 2. The summed E-state index contributed by atoms with van der Waals surface area (Å²) < 4.78 is 4.72. The molecule has 6 nitrogen and oxygen atoms in total. The number of nitrogens with two attached hydrogens (primary N) is 1. The van der Waals surface area contributed by atoms with Crippen LogP contribution in [0.25, 0.3) is 0 Å². The van der Waals surface area contributed by atoms with E-state index in [-0.39, 0.29) is 22.0 Å². The Balaban J connectivity index is 3.16. The number of rotatable bonds is 7. The van der Waals surface area contributed by atoms with E-state index in [9.17, 15) is 9.59 Å². The molecule has 1 aromatic rings. The van der Waals surface area contributed by atoms with E-state index in [1.807, 2.05) is 6.92 Å². The zero-order valence-corrected chi connectivity index (χ0v) is 12.9. The van der Waals surface area contributed by atoms with Gasteiger partial charge in [-0.05, 0) is 6.92 Å². The second-order valence-electron chi connectivity index (χ2n) is 4.35. The maximum absolute atomic E-state index is 12.0. The minimum Gasteiger partial charge on any atom is -0.465 e. The Kier molecular flexibility index (Phi) is 5.98. The SMILES string of the molecule is C=CCNC(=O)c1sc(NCC(=C)C)c(C(=O)OC)c1N. The number of anilines is 2. The van der Waals surface area contributed by atoms with Gasteiger partial charge in [-0.2, -0.15) is 0 Å². The first-order valence-corrected chi connectivity index (χ1v) is 7.01. The van der Waals surface area contributed by atoms with Crippen LogP contribution in [0.5, 0.6) is 0 Å². The average Bonchev–Trinajstić information content (AvgIpc) is 2.78. The van der Waals surface area contributed by atoms with E-state index in [1.165, 1.54) is 7.11 Å². The third-order valence-corrected chi connectivity index (χ3v) is 3.66. The van der Waals surface area contributed by atoms with Gasteiger partial charge in [0.15, 0.2) is 0 Å². The molecule has 0 saturated carbocycles. The molecule has 0 unspecified atom stereocenters. The largest absolute Gasteiger partial charge is 0.465 e. The van der Waals surface area contributed by atoms with Crippen molar-refractivity contribution in [1.29, 1.82) is 0 Å². The summed E-state index contributed by atoms with van der Waals surface area (Å²) in [7, 11) is 1.26. The summed E-state index contributed by atoms with van der Waals surface area (Å²) >= 11 is 1.11. The van der Waals surface area contributed by atoms with Crippen LogP contribution in [0, 0.1) is 0 Å². The Hall–Kier alpha value is -2.28. The summed E-state index contributed by atoms with van der Waals surface area (Å²) in [5.74, 6) is -0.943. The van der Waals surface area contributed by atoms with E-state index >= 15 is 0 Å². The Morgan fingerprint density at radius 1 is 1.48 bits per heavy atom. The maximum atomic E-state index is 12.0. The number of thiophene rings is 1. The second-order valence-corrected chi connectivity index (χ2v) is 5.37. The van der Waals surface area contributed by atoms with Crippen molar-refractivity contribution in [2.45, 2.75) is 6.92 Å². The van der Waals surface area contributed by atoms with Crippen LogP contribution in [0.4, 0.5) is 10.7 Å². The Bertz CT molecular complexity index is 578. The number of methoxy groups -OCH3 is 1. The molecule has 1 rings (SSSR count). The fourth-order valence-corrected chi connectivity index (χ4v) is 2.54. The minimum atomic E-state index is -0.587. The fraction of sp³-hybridized carbons (Fsp3) is 0.286. The molecule has 0 spiro atoms. The number of ether oxygens (including phenoxy) is 1. The van der Waals surface area contributed by atoms with Crippen LogP contribution in [-0.4, -0.2) is 32.1 Å². The summed E-state index contributed by atoms with van der Waals surface area (Å²) in [6.45, 7) is 9.93. The van der Waals surface area contributed by atoms with Crippen LogP contribution < -0.4 is 16.4 Å². The van der Waals surface area contributed by atoms with Crippen LogP contribution in [0.2, 0.25) is 0 Å². The molecule has 1 amide bonds. The van der Waals surface area contributed by atoms with Gasteiger partial charge in [0.1, 0.15) is 15.4 Å². The van der Waals surface area contributed by atoms with Crippen molar-refractivity contribution in [3.8, 4) is 0 Å². The van der Waals surface area contributed by atoms with Gasteiger partial charge in [0, 0.05) is 13.1 Å². The number of carbonyl (C=O) groups is 2. The van der Waals surface area contributed by atoms with Gasteiger partial charge in [0.05, 0.1) is 12.8 Å². The molecule has 0 fully saturated rings. The molecule has 114 valence electrons. The predicted octanol–water partition coefficient (Wildman–Crippen LogP) is 2.02. The molecular weight excluding hydrogens is 290 g/mol. The molecule has 4 N–H and O–H groups in total. The van der Waals surface area contributed by atoms with E-state index in [0.29, 0.717) is 18.1 Å². The smallest absolute Gasteiger partial charge is 0.343 e. The zero-order chi connectivity index (χ0) is 16.0. The lowest BCUT2D eigenvalue weighted by Crippen LogP contribution is -2.23. The van der Waals surface area contributed by atoms with E-state index in [0.717, 1.165) is 16.9 Å². The van der Waals surface area contributed by atoms with Crippen molar-refractivity contribution in [2.75, 3.05) is 31.2 Å². The monoisotopic (exact) mass is 309 g/mol. The fourth-order valence-electron chi connectivity index (χ4n) is 1.52. The van der Waals surface area contributed by atoms with E-state index in [4.69, 9.17) is 10.5 Å². The molecule has 0 bridgehead atoms. The molecule has 0 aliphatic rings. The Morgan fingerprint density at radius 2 is 2.14 bits per heavy atom. The summed E-state index contributed by atoms with van der Waals surface area (Å²) in [4.78, 5) is 24.1. The summed E-state index contributed by atoms with van der Waals surface area (Å²) in [6.07, 6.45) is 1.56.